The van der Waals surface area contributed by atoms with Gasteiger partial charge in [0.1, 0.15) is 11.6 Å². The van der Waals surface area contributed by atoms with Crippen LogP contribution >= 0.6 is 23.2 Å². The summed E-state index contributed by atoms with van der Waals surface area (Å²) in [7, 11) is 1.63. The first-order valence-corrected chi connectivity index (χ1v) is 8.28. The van der Waals surface area contributed by atoms with Crippen LogP contribution in [0.3, 0.4) is 0 Å². The number of hydrogen-bond acceptors (Lipinski definition) is 5. The second-order valence-electron chi connectivity index (χ2n) is 5.32. The molecule has 0 unspecified atom stereocenters. The molecule has 1 heterocycles. The normalized spacial score (nSPS) is 10.4. The lowest BCUT2D eigenvalue weighted by molar-refractivity contribution is 0.415. The third-order valence-electron chi connectivity index (χ3n) is 3.39. The van der Waals surface area contributed by atoms with Gasteiger partial charge in [0.05, 0.1) is 17.8 Å². The van der Waals surface area contributed by atoms with E-state index in [1.807, 2.05) is 37.3 Å². The van der Waals surface area contributed by atoms with Crippen LogP contribution in [-0.2, 0) is 0 Å². The van der Waals surface area contributed by atoms with Crippen LogP contribution in [0.25, 0.3) is 0 Å². The highest BCUT2D eigenvalue weighted by molar-refractivity contribution is 6.36. The third-order valence-corrected chi connectivity index (χ3v) is 3.94. The van der Waals surface area contributed by atoms with Crippen LogP contribution < -0.4 is 15.4 Å². The number of rotatable bonds is 5. The largest absolute Gasteiger partial charge is 0.497 e. The fraction of sp³-hybridized carbons (Fsp3) is 0.111. The molecule has 0 fully saturated rings. The Morgan fingerprint density at radius 2 is 1.68 bits per heavy atom. The molecule has 2 N–H and O–H groups in total. The lowest BCUT2D eigenvalue weighted by Gasteiger charge is -2.11. The van der Waals surface area contributed by atoms with Crippen molar-refractivity contribution in [3.63, 3.8) is 0 Å². The third kappa shape index (κ3) is 4.53. The van der Waals surface area contributed by atoms with Crippen molar-refractivity contribution in [2.24, 2.45) is 0 Å². The number of methoxy groups -OCH3 is 1. The van der Waals surface area contributed by atoms with Crippen LogP contribution in [0.5, 0.6) is 5.75 Å². The van der Waals surface area contributed by atoms with Crippen LogP contribution in [-0.4, -0.2) is 17.1 Å². The summed E-state index contributed by atoms with van der Waals surface area (Å²) in [5.41, 5.74) is 2.40. The summed E-state index contributed by atoms with van der Waals surface area (Å²) < 4.78 is 5.15. The van der Waals surface area contributed by atoms with Crippen LogP contribution in [0.4, 0.5) is 23.1 Å². The van der Waals surface area contributed by atoms with Gasteiger partial charge in [0.2, 0.25) is 5.95 Å². The van der Waals surface area contributed by atoms with Crippen LogP contribution in [0, 0.1) is 6.92 Å². The highest BCUT2D eigenvalue weighted by Crippen LogP contribution is 2.28. The van der Waals surface area contributed by atoms with Gasteiger partial charge in [-0.1, -0.05) is 23.2 Å². The van der Waals surface area contributed by atoms with Crippen molar-refractivity contribution in [3.05, 3.63) is 64.3 Å². The number of anilines is 4. The Labute approximate surface area is 156 Å². The minimum atomic E-state index is 0.484. The van der Waals surface area contributed by atoms with Gasteiger partial charge in [-0.05, 0) is 49.4 Å². The molecule has 3 aromatic rings. The summed E-state index contributed by atoms with van der Waals surface area (Å²) in [6.07, 6.45) is 0. The molecular weight excluding hydrogens is 359 g/mol. The highest BCUT2D eigenvalue weighted by Gasteiger charge is 2.06. The molecule has 0 spiro atoms. The van der Waals surface area contributed by atoms with Crippen molar-refractivity contribution >= 4 is 46.3 Å². The average molecular weight is 375 g/mol. The van der Waals surface area contributed by atoms with E-state index in [0.29, 0.717) is 21.8 Å². The molecule has 0 bridgehead atoms. The molecule has 0 atom stereocenters. The molecule has 5 nitrogen and oxygen atoms in total. The molecule has 3 rings (SSSR count). The second kappa shape index (κ2) is 7.59. The predicted molar refractivity (Wildman–Crippen MR) is 103 cm³/mol. The molecule has 1 aromatic heterocycles. The molecule has 0 saturated heterocycles. The van der Waals surface area contributed by atoms with E-state index in [0.717, 1.165) is 22.8 Å². The summed E-state index contributed by atoms with van der Waals surface area (Å²) in [5, 5.41) is 7.46. The van der Waals surface area contributed by atoms with Gasteiger partial charge >= 0.3 is 0 Å². The number of benzene rings is 2. The monoisotopic (exact) mass is 374 g/mol. The first-order chi connectivity index (χ1) is 12.0. The topological polar surface area (TPSA) is 59.1 Å². The zero-order valence-electron chi connectivity index (χ0n) is 13.7. The van der Waals surface area contributed by atoms with E-state index in [1.165, 1.54) is 0 Å². The van der Waals surface area contributed by atoms with Crippen molar-refractivity contribution in [1.29, 1.82) is 0 Å². The maximum absolute atomic E-state index is 6.20. The van der Waals surface area contributed by atoms with Crippen molar-refractivity contribution in [3.8, 4) is 5.75 Å². The quantitative estimate of drug-likeness (QED) is 0.609. The number of hydrogen-bond donors (Lipinski definition) is 2. The van der Waals surface area contributed by atoms with Crippen molar-refractivity contribution < 1.29 is 4.74 Å². The van der Waals surface area contributed by atoms with Gasteiger partial charge in [0, 0.05) is 22.5 Å². The van der Waals surface area contributed by atoms with Gasteiger partial charge < -0.3 is 15.4 Å². The molecular formula is C18H16Cl2N4O. The molecule has 0 saturated carbocycles. The lowest BCUT2D eigenvalue weighted by atomic mass is 10.3. The summed E-state index contributed by atoms with van der Waals surface area (Å²) >= 11 is 12.1. The molecule has 0 aliphatic heterocycles. The zero-order valence-corrected chi connectivity index (χ0v) is 15.2. The number of nitrogens with one attached hydrogen (secondary N) is 2. The smallest absolute Gasteiger partial charge is 0.229 e. The van der Waals surface area contributed by atoms with Crippen LogP contribution in [0.2, 0.25) is 10.0 Å². The maximum Gasteiger partial charge on any atom is 0.229 e. The fourth-order valence-electron chi connectivity index (χ4n) is 2.22. The van der Waals surface area contributed by atoms with Gasteiger partial charge in [-0.3, -0.25) is 0 Å². The first-order valence-electron chi connectivity index (χ1n) is 7.52. The van der Waals surface area contributed by atoms with Crippen molar-refractivity contribution in [1.82, 2.24) is 9.97 Å². The SMILES string of the molecule is COc1ccc(Nc2nc(C)cc(Nc3ccc(Cl)cc3Cl)n2)cc1. The standard InChI is InChI=1S/C18H16Cl2N4O/c1-11-9-17(23-16-8-3-12(19)10-15(16)20)24-18(21-11)22-13-4-6-14(25-2)7-5-13/h3-10H,1-2H3,(H2,21,22,23,24). The van der Waals surface area contributed by atoms with Gasteiger partial charge in [-0.25, -0.2) is 4.98 Å². The van der Waals surface area contributed by atoms with E-state index in [2.05, 4.69) is 20.6 Å². The zero-order chi connectivity index (χ0) is 17.8. The minimum Gasteiger partial charge on any atom is -0.497 e. The maximum atomic E-state index is 6.20. The molecule has 2 aromatic carbocycles. The van der Waals surface area contributed by atoms with E-state index in [4.69, 9.17) is 27.9 Å². The van der Waals surface area contributed by atoms with Gasteiger partial charge in [-0.2, -0.15) is 4.98 Å². The van der Waals surface area contributed by atoms with E-state index in [1.54, 1.807) is 25.3 Å². The number of aromatic nitrogens is 2. The number of aryl methyl sites for hydroxylation is 1. The number of halogens is 2. The number of nitrogens with zero attached hydrogens (tertiary/aromatic N) is 2. The molecule has 0 aliphatic carbocycles. The summed E-state index contributed by atoms with van der Waals surface area (Å²) in [6.45, 7) is 1.90. The molecule has 7 heteroatoms. The molecule has 0 aliphatic rings. The summed E-state index contributed by atoms with van der Waals surface area (Å²) in [5.74, 6) is 1.90. The van der Waals surface area contributed by atoms with Gasteiger partial charge in [0.15, 0.2) is 0 Å². The lowest BCUT2D eigenvalue weighted by Crippen LogP contribution is -2.02. The van der Waals surface area contributed by atoms with Gasteiger partial charge in [-0.15, -0.1) is 0 Å². The van der Waals surface area contributed by atoms with Gasteiger partial charge in [0.25, 0.3) is 0 Å². The van der Waals surface area contributed by atoms with Crippen LogP contribution in [0.15, 0.2) is 48.5 Å². The van der Waals surface area contributed by atoms with E-state index >= 15 is 0 Å². The Morgan fingerprint density at radius 1 is 0.920 bits per heavy atom. The minimum absolute atomic E-state index is 0.484. The van der Waals surface area contributed by atoms with Crippen molar-refractivity contribution in [2.75, 3.05) is 17.7 Å². The molecule has 25 heavy (non-hydrogen) atoms. The fourth-order valence-corrected chi connectivity index (χ4v) is 2.68. The van der Waals surface area contributed by atoms with Crippen molar-refractivity contribution in [2.45, 2.75) is 6.92 Å². The highest BCUT2D eigenvalue weighted by atomic mass is 35.5. The second-order valence-corrected chi connectivity index (χ2v) is 6.16. The molecule has 0 amide bonds. The Hall–Kier alpha value is -2.50. The van der Waals surface area contributed by atoms with E-state index < -0.39 is 0 Å². The Bertz CT molecular complexity index is 885. The Morgan fingerprint density at radius 3 is 2.36 bits per heavy atom. The Kier molecular flexibility index (Phi) is 5.26. The van der Waals surface area contributed by atoms with E-state index in [9.17, 15) is 0 Å². The summed E-state index contributed by atoms with van der Waals surface area (Å²) in [4.78, 5) is 8.88. The van der Waals surface area contributed by atoms with Crippen LogP contribution in [0.1, 0.15) is 5.69 Å². The number of ether oxygens (including phenoxy) is 1. The predicted octanol–water partition coefficient (Wildman–Crippen LogP) is 5.59. The first kappa shape index (κ1) is 17.3. The molecule has 0 radical (unpaired) electrons. The summed E-state index contributed by atoms with van der Waals surface area (Å²) in [6, 6.07) is 14.6. The molecule has 128 valence electrons. The Balaban J connectivity index is 1.82. The van der Waals surface area contributed by atoms with E-state index in [-0.39, 0.29) is 0 Å². The average Bonchev–Trinajstić information content (AvgIpc) is 2.58.